The molecular formula is C12H17ClFN3. The van der Waals surface area contributed by atoms with Crippen LogP contribution in [0.4, 0.5) is 10.2 Å². The van der Waals surface area contributed by atoms with Crippen molar-refractivity contribution in [1.29, 1.82) is 0 Å². The van der Waals surface area contributed by atoms with Gasteiger partial charge >= 0.3 is 0 Å². The minimum Gasteiger partial charge on any atom is -0.355 e. The fraction of sp³-hybridized carbons (Fsp3) is 0.583. The second kappa shape index (κ2) is 6.17. The Balaban J connectivity index is 1.96. The summed E-state index contributed by atoms with van der Waals surface area (Å²) in [5, 5.41) is 0. The van der Waals surface area contributed by atoms with Crippen molar-refractivity contribution < 1.29 is 4.39 Å². The molecule has 2 heterocycles. The molecule has 5 heteroatoms. The Hall–Kier alpha value is -0.870. The minimum atomic E-state index is -0.285. The summed E-state index contributed by atoms with van der Waals surface area (Å²) in [6, 6.07) is 3.20. The number of hydrogen-bond donors (Lipinski definition) is 0. The van der Waals surface area contributed by atoms with Gasteiger partial charge in [-0.05, 0) is 25.1 Å². The molecule has 3 nitrogen and oxygen atoms in total. The van der Waals surface area contributed by atoms with Gasteiger partial charge in [0.05, 0.1) is 6.20 Å². The molecule has 17 heavy (non-hydrogen) atoms. The first-order valence-electron chi connectivity index (χ1n) is 5.94. The molecule has 1 fully saturated rings. The second-order valence-electron chi connectivity index (χ2n) is 4.21. The van der Waals surface area contributed by atoms with Gasteiger partial charge in [-0.2, -0.15) is 0 Å². The summed E-state index contributed by atoms with van der Waals surface area (Å²) in [6.07, 6.45) is 2.37. The molecule has 0 bridgehead atoms. The third-order valence-corrected chi connectivity index (χ3v) is 3.19. The largest absolute Gasteiger partial charge is 0.355 e. The van der Waals surface area contributed by atoms with Crippen LogP contribution >= 0.6 is 11.6 Å². The Kier molecular flexibility index (Phi) is 4.57. The van der Waals surface area contributed by atoms with E-state index in [1.165, 1.54) is 12.3 Å². The van der Waals surface area contributed by atoms with E-state index >= 15 is 0 Å². The third kappa shape index (κ3) is 3.54. The molecule has 1 aromatic rings. The molecule has 1 aliphatic rings. The molecule has 0 amide bonds. The highest BCUT2D eigenvalue weighted by molar-refractivity contribution is 6.18. The van der Waals surface area contributed by atoms with Crippen molar-refractivity contribution in [2.45, 2.75) is 6.42 Å². The topological polar surface area (TPSA) is 19.4 Å². The van der Waals surface area contributed by atoms with Crippen LogP contribution in [0.15, 0.2) is 18.3 Å². The van der Waals surface area contributed by atoms with Crippen LogP contribution in [0.25, 0.3) is 0 Å². The van der Waals surface area contributed by atoms with Crippen LogP contribution in [-0.4, -0.2) is 48.5 Å². The zero-order chi connectivity index (χ0) is 12.1. The van der Waals surface area contributed by atoms with E-state index in [9.17, 15) is 4.39 Å². The summed E-state index contributed by atoms with van der Waals surface area (Å²) in [4.78, 5) is 8.68. The average molecular weight is 258 g/mol. The molecule has 1 aromatic heterocycles. The Morgan fingerprint density at radius 2 is 2.12 bits per heavy atom. The molecule has 0 atom stereocenters. The van der Waals surface area contributed by atoms with Gasteiger partial charge in [-0.15, -0.1) is 11.6 Å². The highest BCUT2D eigenvalue weighted by atomic mass is 35.5. The van der Waals surface area contributed by atoms with E-state index in [0.29, 0.717) is 5.88 Å². The van der Waals surface area contributed by atoms with Crippen LogP contribution < -0.4 is 4.90 Å². The van der Waals surface area contributed by atoms with Crippen LogP contribution in [0.1, 0.15) is 6.42 Å². The van der Waals surface area contributed by atoms with Crippen LogP contribution in [0, 0.1) is 5.82 Å². The van der Waals surface area contributed by atoms with Crippen molar-refractivity contribution in [2.24, 2.45) is 0 Å². The number of anilines is 1. The van der Waals surface area contributed by atoms with E-state index < -0.39 is 0 Å². The molecule has 1 saturated heterocycles. The van der Waals surface area contributed by atoms with Crippen molar-refractivity contribution in [2.75, 3.05) is 43.5 Å². The molecule has 0 aromatic carbocycles. The molecular weight excluding hydrogens is 241 g/mol. The van der Waals surface area contributed by atoms with Gasteiger partial charge in [0.2, 0.25) is 0 Å². The normalized spacial score (nSPS) is 18.1. The maximum atomic E-state index is 12.8. The van der Waals surface area contributed by atoms with Crippen LogP contribution in [0.3, 0.4) is 0 Å². The fourth-order valence-electron chi connectivity index (χ4n) is 2.10. The predicted octanol–water partition coefficient (Wildman–Crippen LogP) is 1.97. The molecule has 2 rings (SSSR count). The van der Waals surface area contributed by atoms with Crippen molar-refractivity contribution in [3.63, 3.8) is 0 Å². The first-order valence-corrected chi connectivity index (χ1v) is 6.48. The average Bonchev–Trinajstić information content (AvgIpc) is 2.56. The summed E-state index contributed by atoms with van der Waals surface area (Å²) in [7, 11) is 0. The van der Waals surface area contributed by atoms with Crippen LogP contribution in [-0.2, 0) is 0 Å². The Labute approximate surface area is 106 Å². The first-order chi connectivity index (χ1) is 8.29. The van der Waals surface area contributed by atoms with Gasteiger partial charge in [0.15, 0.2) is 0 Å². The highest BCUT2D eigenvalue weighted by Crippen LogP contribution is 2.13. The second-order valence-corrected chi connectivity index (χ2v) is 4.58. The van der Waals surface area contributed by atoms with Gasteiger partial charge in [0.25, 0.3) is 0 Å². The molecule has 1 aliphatic heterocycles. The summed E-state index contributed by atoms with van der Waals surface area (Å²) < 4.78 is 12.8. The van der Waals surface area contributed by atoms with E-state index in [4.69, 9.17) is 11.6 Å². The molecule has 0 unspecified atom stereocenters. The summed E-state index contributed by atoms with van der Waals surface area (Å²) in [6.45, 7) is 4.90. The van der Waals surface area contributed by atoms with Gasteiger partial charge in [-0.1, -0.05) is 0 Å². The smallest absolute Gasteiger partial charge is 0.141 e. The lowest BCUT2D eigenvalue weighted by atomic mass is 10.3. The maximum absolute atomic E-state index is 12.8. The van der Waals surface area contributed by atoms with E-state index in [1.54, 1.807) is 6.07 Å². The van der Waals surface area contributed by atoms with Gasteiger partial charge in [-0.25, -0.2) is 9.37 Å². The van der Waals surface area contributed by atoms with E-state index in [0.717, 1.165) is 45.0 Å². The lowest BCUT2D eigenvalue weighted by Gasteiger charge is -2.22. The molecule has 94 valence electrons. The zero-order valence-electron chi connectivity index (χ0n) is 9.78. The lowest BCUT2D eigenvalue weighted by molar-refractivity contribution is 0.311. The Bertz CT molecular complexity index is 344. The number of halogens is 2. The van der Waals surface area contributed by atoms with Crippen LogP contribution in [0.2, 0.25) is 0 Å². The van der Waals surface area contributed by atoms with Gasteiger partial charge < -0.3 is 9.80 Å². The first kappa shape index (κ1) is 12.6. The highest BCUT2D eigenvalue weighted by Gasteiger charge is 2.15. The summed E-state index contributed by atoms with van der Waals surface area (Å²) in [5.41, 5.74) is 0. The fourth-order valence-corrected chi connectivity index (χ4v) is 2.34. The quantitative estimate of drug-likeness (QED) is 0.772. The number of pyridine rings is 1. The van der Waals surface area contributed by atoms with Gasteiger partial charge in [0, 0.05) is 32.1 Å². The lowest BCUT2D eigenvalue weighted by Crippen LogP contribution is -2.32. The van der Waals surface area contributed by atoms with E-state index in [2.05, 4.69) is 14.8 Å². The van der Waals surface area contributed by atoms with E-state index in [-0.39, 0.29) is 5.82 Å². The number of nitrogens with zero attached hydrogens (tertiary/aromatic N) is 3. The SMILES string of the molecule is Fc1ccc(N2CCCN(CCCl)CC2)nc1. The van der Waals surface area contributed by atoms with Gasteiger partial charge in [0.1, 0.15) is 11.6 Å². The molecule has 0 spiro atoms. The maximum Gasteiger partial charge on any atom is 0.141 e. The zero-order valence-corrected chi connectivity index (χ0v) is 10.5. The predicted molar refractivity (Wildman–Crippen MR) is 68.2 cm³/mol. The van der Waals surface area contributed by atoms with Gasteiger partial charge in [-0.3, -0.25) is 0 Å². The standard InChI is InChI=1S/C12H17ClFN3/c13-4-7-16-5-1-6-17(9-8-16)12-3-2-11(14)10-15-12/h2-3,10H,1,4-9H2. The molecule has 0 saturated carbocycles. The minimum absolute atomic E-state index is 0.285. The number of alkyl halides is 1. The van der Waals surface area contributed by atoms with Crippen LogP contribution in [0.5, 0.6) is 0 Å². The van der Waals surface area contributed by atoms with E-state index in [1.807, 2.05) is 0 Å². The molecule has 0 aliphatic carbocycles. The Morgan fingerprint density at radius 3 is 2.82 bits per heavy atom. The Morgan fingerprint density at radius 1 is 1.24 bits per heavy atom. The number of hydrogen-bond acceptors (Lipinski definition) is 3. The third-order valence-electron chi connectivity index (χ3n) is 3.03. The monoisotopic (exact) mass is 257 g/mol. The van der Waals surface area contributed by atoms with Crippen molar-refractivity contribution in [1.82, 2.24) is 9.88 Å². The molecule has 0 N–H and O–H groups in total. The van der Waals surface area contributed by atoms with Crippen molar-refractivity contribution in [3.05, 3.63) is 24.1 Å². The van der Waals surface area contributed by atoms with Crippen molar-refractivity contribution >= 4 is 17.4 Å². The van der Waals surface area contributed by atoms with Crippen molar-refractivity contribution in [3.8, 4) is 0 Å². The molecule has 0 radical (unpaired) electrons. The number of aromatic nitrogens is 1. The number of rotatable bonds is 3. The summed E-state index contributed by atoms with van der Waals surface area (Å²) in [5.74, 6) is 1.25. The summed E-state index contributed by atoms with van der Waals surface area (Å²) >= 11 is 5.75.